The highest BCUT2D eigenvalue weighted by Crippen LogP contribution is 2.08. The number of amides is 2. The SMILES string of the molecule is CC(C)(C)OC(=O)NN(Cc1ccccc1)C(=O)CCl. The lowest BCUT2D eigenvalue weighted by Crippen LogP contribution is -2.48. The summed E-state index contributed by atoms with van der Waals surface area (Å²) in [6.07, 6.45) is -0.688. The molecule has 1 N–H and O–H groups in total. The predicted octanol–water partition coefficient (Wildman–Crippen LogP) is 2.69. The van der Waals surface area contributed by atoms with Gasteiger partial charge in [-0.05, 0) is 26.3 Å². The van der Waals surface area contributed by atoms with Gasteiger partial charge in [0.1, 0.15) is 11.5 Å². The normalized spacial score (nSPS) is 10.8. The largest absolute Gasteiger partial charge is 0.443 e. The predicted molar refractivity (Wildman–Crippen MR) is 77.1 cm³/mol. The molecule has 1 aromatic rings. The van der Waals surface area contributed by atoms with Crippen LogP contribution < -0.4 is 5.43 Å². The monoisotopic (exact) mass is 298 g/mol. The molecule has 0 unspecified atom stereocenters. The molecule has 0 heterocycles. The molecule has 0 aliphatic rings. The number of alkyl halides is 1. The maximum absolute atomic E-state index is 11.7. The maximum atomic E-state index is 11.7. The Balaban J connectivity index is 2.70. The van der Waals surface area contributed by atoms with E-state index in [0.29, 0.717) is 0 Å². The molecular weight excluding hydrogens is 280 g/mol. The first-order chi connectivity index (χ1) is 9.31. The number of nitrogens with zero attached hydrogens (tertiary/aromatic N) is 1. The molecule has 5 nitrogen and oxygen atoms in total. The molecule has 0 spiro atoms. The number of hydrogen-bond acceptors (Lipinski definition) is 3. The van der Waals surface area contributed by atoms with Gasteiger partial charge in [0.25, 0.3) is 5.91 Å². The molecule has 0 saturated heterocycles. The molecule has 6 heteroatoms. The summed E-state index contributed by atoms with van der Waals surface area (Å²) in [5.41, 5.74) is 2.66. The Bertz CT molecular complexity index is 457. The number of rotatable bonds is 3. The molecule has 0 bridgehead atoms. The summed E-state index contributed by atoms with van der Waals surface area (Å²) in [5, 5.41) is 1.15. The van der Waals surface area contributed by atoms with Gasteiger partial charge in [-0.15, -0.1) is 11.6 Å². The van der Waals surface area contributed by atoms with E-state index in [1.165, 1.54) is 0 Å². The Morgan fingerprint density at radius 2 is 1.85 bits per heavy atom. The average molecular weight is 299 g/mol. The standard InChI is InChI=1S/C14H19ClN2O3/c1-14(2,3)20-13(19)16-17(12(18)9-15)10-11-7-5-4-6-8-11/h4-8H,9-10H2,1-3H3,(H,16,19). The maximum Gasteiger partial charge on any atom is 0.426 e. The van der Waals surface area contributed by atoms with Gasteiger partial charge in [-0.25, -0.2) is 15.2 Å². The van der Waals surface area contributed by atoms with Crippen LogP contribution in [0.25, 0.3) is 0 Å². The first kappa shape index (κ1) is 16.3. The van der Waals surface area contributed by atoms with Gasteiger partial charge < -0.3 is 4.74 Å². The summed E-state index contributed by atoms with van der Waals surface area (Å²) in [7, 11) is 0. The van der Waals surface area contributed by atoms with Crippen molar-refractivity contribution in [2.75, 3.05) is 5.88 Å². The molecule has 1 rings (SSSR count). The second-order valence-corrected chi connectivity index (χ2v) is 5.48. The van der Waals surface area contributed by atoms with E-state index in [2.05, 4.69) is 5.43 Å². The summed E-state index contributed by atoms with van der Waals surface area (Å²) in [4.78, 5) is 23.5. The molecule has 110 valence electrons. The number of halogens is 1. The van der Waals surface area contributed by atoms with Crippen molar-refractivity contribution in [1.82, 2.24) is 10.4 Å². The molecule has 1 aromatic carbocycles. The minimum atomic E-state index is -0.688. The fraction of sp³-hybridized carbons (Fsp3) is 0.429. The van der Waals surface area contributed by atoms with Crippen LogP contribution in [0, 0.1) is 0 Å². The topological polar surface area (TPSA) is 58.6 Å². The fourth-order valence-electron chi connectivity index (χ4n) is 1.44. The third-order valence-corrected chi connectivity index (χ3v) is 2.45. The highest BCUT2D eigenvalue weighted by molar-refractivity contribution is 6.27. The molecule has 0 aromatic heterocycles. The van der Waals surface area contributed by atoms with Gasteiger partial charge in [-0.2, -0.15) is 0 Å². The number of hydrazine groups is 1. The van der Waals surface area contributed by atoms with Crippen LogP contribution in [0.3, 0.4) is 0 Å². The Kier molecular flexibility index (Phi) is 5.82. The molecule has 0 fully saturated rings. The van der Waals surface area contributed by atoms with Gasteiger partial charge in [-0.1, -0.05) is 30.3 Å². The summed E-state index contributed by atoms with van der Waals surface area (Å²) in [5.74, 6) is -0.621. The van der Waals surface area contributed by atoms with Crippen LogP contribution in [-0.4, -0.2) is 28.5 Å². The first-order valence-electron chi connectivity index (χ1n) is 6.21. The molecular formula is C14H19ClN2O3. The zero-order valence-electron chi connectivity index (χ0n) is 11.9. The fourth-order valence-corrected chi connectivity index (χ4v) is 1.58. The van der Waals surface area contributed by atoms with Crippen molar-refractivity contribution in [2.24, 2.45) is 0 Å². The van der Waals surface area contributed by atoms with E-state index in [9.17, 15) is 9.59 Å². The van der Waals surface area contributed by atoms with Crippen LogP contribution in [0.4, 0.5) is 4.79 Å². The van der Waals surface area contributed by atoms with Crippen LogP contribution in [0.15, 0.2) is 30.3 Å². The first-order valence-corrected chi connectivity index (χ1v) is 6.75. The lowest BCUT2D eigenvalue weighted by Gasteiger charge is -2.25. The molecule has 0 saturated carbocycles. The summed E-state index contributed by atoms with van der Waals surface area (Å²) >= 11 is 5.55. The zero-order valence-corrected chi connectivity index (χ0v) is 12.6. The van der Waals surface area contributed by atoms with Crippen molar-refractivity contribution in [3.8, 4) is 0 Å². The minimum Gasteiger partial charge on any atom is -0.443 e. The number of carbonyl (C=O) groups excluding carboxylic acids is 2. The van der Waals surface area contributed by atoms with Gasteiger partial charge in [0.05, 0.1) is 6.54 Å². The van der Waals surface area contributed by atoms with Gasteiger partial charge in [0.2, 0.25) is 0 Å². The number of ether oxygens (including phenoxy) is 1. The Morgan fingerprint density at radius 1 is 1.25 bits per heavy atom. The lowest BCUT2D eigenvalue weighted by molar-refractivity contribution is -0.132. The molecule has 20 heavy (non-hydrogen) atoms. The van der Waals surface area contributed by atoms with Gasteiger partial charge in [0, 0.05) is 0 Å². The van der Waals surface area contributed by atoms with Crippen molar-refractivity contribution >= 4 is 23.6 Å². The number of carbonyl (C=O) groups is 2. The van der Waals surface area contributed by atoms with Crippen LogP contribution >= 0.6 is 11.6 Å². The Hall–Kier alpha value is -1.75. The number of nitrogens with one attached hydrogen (secondary N) is 1. The quantitative estimate of drug-likeness (QED) is 0.689. The van der Waals surface area contributed by atoms with Crippen LogP contribution in [0.5, 0.6) is 0 Å². The Morgan fingerprint density at radius 3 is 2.35 bits per heavy atom. The van der Waals surface area contributed by atoms with Gasteiger partial charge in [-0.3, -0.25) is 4.79 Å². The van der Waals surface area contributed by atoms with Gasteiger partial charge in [0.15, 0.2) is 0 Å². The van der Waals surface area contributed by atoms with Crippen molar-refractivity contribution in [2.45, 2.75) is 32.9 Å². The molecule has 2 amide bonds. The molecule has 0 radical (unpaired) electrons. The zero-order chi connectivity index (χ0) is 15.2. The Labute approximate surface area is 123 Å². The van der Waals surface area contributed by atoms with Crippen molar-refractivity contribution < 1.29 is 14.3 Å². The number of hydrogen-bond donors (Lipinski definition) is 1. The summed E-state index contributed by atoms with van der Waals surface area (Å²) in [6.45, 7) is 5.47. The molecule has 0 aliphatic heterocycles. The van der Waals surface area contributed by atoms with Crippen molar-refractivity contribution in [3.05, 3.63) is 35.9 Å². The van der Waals surface area contributed by atoms with E-state index >= 15 is 0 Å². The van der Waals surface area contributed by atoms with Crippen LogP contribution in [-0.2, 0) is 16.1 Å². The second-order valence-electron chi connectivity index (χ2n) is 5.21. The number of benzene rings is 1. The van der Waals surface area contributed by atoms with Crippen LogP contribution in [0.1, 0.15) is 26.3 Å². The lowest BCUT2D eigenvalue weighted by atomic mass is 10.2. The summed E-state index contributed by atoms with van der Waals surface area (Å²) in [6, 6.07) is 9.29. The smallest absolute Gasteiger partial charge is 0.426 e. The molecule has 0 atom stereocenters. The highest BCUT2D eigenvalue weighted by atomic mass is 35.5. The van der Waals surface area contributed by atoms with E-state index in [1.54, 1.807) is 20.8 Å². The van der Waals surface area contributed by atoms with E-state index in [-0.39, 0.29) is 12.4 Å². The van der Waals surface area contributed by atoms with Gasteiger partial charge >= 0.3 is 6.09 Å². The minimum absolute atomic E-state index is 0.220. The highest BCUT2D eigenvalue weighted by Gasteiger charge is 2.21. The van der Waals surface area contributed by atoms with E-state index < -0.39 is 17.6 Å². The summed E-state index contributed by atoms with van der Waals surface area (Å²) < 4.78 is 5.11. The van der Waals surface area contributed by atoms with E-state index in [1.807, 2.05) is 30.3 Å². The van der Waals surface area contributed by atoms with Crippen LogP contribution in [0.2, 0.25) is 0 Å². The third-order valence-electron chi connectivity index (χ3n) is 2.22. The molecule has 0 aliphatic carbocycles. The third kappa shape index (κ3) is 5.93. The average Bonchev–Trinajstić information content (AvgIpc) is 2.36. The van der Waals surface area contributed by atoms with Crippen molar-refractivity contribution in [1.29, 1.82) is 0 Å². The second kappa shape index (κ2) is 7.14. The van der Waals surface area contributed by atoms with E-state index in [0.717, 1.165) is 10.6 Å². The van der Waals surface area contributed by atoms with Crippen molar-refractivity contribution in [3.63, 3.8) is 0 Å². The van der Waals surface area contributed by atoms with E-state index in [4.69, 9.17) is 16.3 Å².